The molecule has 108 valence electrons. The molecule has 0 N–H and O–H groups in total. The zero-order chi connectivity index (χ0) is 13.5. The maximum atomic E-state index is 6.80. The number of hydrogen-bond acceptors (Lipinski definition) is 0. The molecule has 0 nitrogen and oxygen atoms in total. The van der Waals surface area contributed by atoms with E-state index in [2.05, 4.69) is 13.8 Å². The average Bonchev–Trinajstić information content (AvgIpc) is 2.29. The Morgan fingerprint density at radius 3 is 1.39 bits per heavy atom. The zero-order valence-electron chi connectivity index (χ0n) is 12.2. The SMILES string of the molecule is CCCCCC[Si]1(Cl)C[Si](Cl)(CCCCCC)C1. The third kappa shape index (κ3) is 5.98. The molecule has 18 heavy (non-hydrogen) atoms. The van der Waals surface area contributed by atoms with Crippen molar-refractivity contribution in [2.45, 2.75) is 88.6 Å². The number of rotatable bonds is 10. The van der Waals surface area contributed by atoms with E-state index >= 15 is 0 Å². The second-order valence-corrected chi connectivity index (χ2v) is 19.5. The van der Waals surface area contributed by atoms with Gasteiger partial charge in [-0.1, -0.05) is 65.2 Å². The molecule has 0 amide bonds. The fraction of sp³-hybridized carbons (Fsp3) is 1.00. The Labute approximate surface area is 125 Å². The third-order valence-electron chi connectivity index (χ3n) is 4.22. The highest BCUT2D eigenvalue weighted by Gasteiger charge is 2.55. The molecule has 1 rings (SSSR count). The summed E-state index contributed by atoms with van der Waals surface area (Å²) < 4.78 is 0. The molecule has 0 spiro atoms. The molecule has 0 atom stereocenters. The topological polar surface area (TPSA) is 0 Å². The Balaban J connectivity index is 2.11. The molecule has 1 saturated heterocycles. The number of halogens is 2. The summed E-state index contributed by atoms with van der Waals surface area (Å²) in [6, 6.07) is 2.68. The van der Waals surface area contributed by atoms with Gasteiger partial charge in [0.2, 0.25) is 0 Å². The van der Waals surface area contributed by atoms with Crippen LogP contribution in [0.15, 0.2) is 0 Å². The van der Waals surface area contributed by atoms with Crippen LogP contribution in [0.25, 0.3) is 0 Å². The minimum Gasteiger partial charge on any atom is -0.168 e. The third-order valence-corrected chi connectivity index (χ3v) is 22.8. The van der Waals surface area contributed by atoms with E-state index in [1.165, 1.54) is 74.8 Å². The molecule has 1 aliphatic rings. The van der Waals surface area contributed by atoms with Gasteiger partial charge < -0.3 is 0 Å². The lowest BCUT2D eigenvalue weighted by atomic mass is 10.2. The Bertz CT molecular complexity index is 206. The maximum Gasteiger partial charge on any atom is 0.153 e. The van der Waals surface area contributed by atoms with Crippen LogP contribution in [0.3, 0.4) is 0 Å². The van der Waals surface area contributed by atoms with Gasteiger partial charge in [-0.15, -0.1) is 0 Å². The molecule has 0 aromatic rings. The largest absolute Gasteiger partial charge is 0.168 e. The van der Waals surface area contributed by atoms with E-state index in [0.717, 1.165) is 0 Å². The summed E-state index contributed by atoms with van der Waals surface area (Å²) in [4.78, 5) is 0. The van der Waals surface area contributed by atoms with E-state index in [4.69, 9.17) is 22.2 Å². The Kier molecular flexibility index (Phi) is 7.90. The first-order valence-corrected chi connectivity index (χ1v) is 15.2. The lowest BCUT2D eigenvalue weighted by Crippen LogP contribution is -2.56. The van der Waals surface area contributed by atoms with Crippen LogP contribution in [-0.4, -0.2) is 14.8 Å². The van der Waals surface area contributed by atoms with Crippen molar-refractivity contribution >= 4 is 36.9 Å². The van der Waals surface area contributed by atoms with E-state index in [1.54, 1.807) is 0 Å². The van der Waals surface area contributed by atoms with Crippen LogP contribution in [0.2, 0.25) is 23.4 Å². The smallest absolute Gasteiger partial charge is 0.153 e. The van der Waals surface area contributed by atoms with Gasteiger partial charge in [-0.3, -0.25) is 0 Å². The first-order valence-electron chi connectivity index (χ1n) is 7.91. The van der Waals surface area contributed by atoms with Crippen molar-refractivity contribution in [3.8, 4) is 0 Å². The normalized spacial score (nSPS) is 31.3. The molecule has 0 aromatic heterocycles. The van der Waals surface area contributed by atoms with Crippen LogP contribution in [0.5, 0.6) is 0 Å². The summed E-state index contributed by atoms with van der Waals surface area (Å²) in [5.41, 5.74) is 2.61. The van der Waals surface area contributed by atoms with E-state index in [-0.39, 0.29) is 0 Å². The van der Waals surface area contributed by atoms with E-state index in [1.807, 2.05) is 0 Å². The van der Waals surface area contributed by atoms with Crippen molar-refractivity contribution in [1.29, 1.82) is 0 Å². The quantitative estimate of drug-likeness (QED) is 0.241. The van der Waals surface area contributed by atoms with Crippen molar-refractivity contribution in [1.82, 2.24) is 0 Å². The van der Waals surface area contributed by atoms with Crippen LogP contribution in [0, 0.1) is 0 Å². The fourth-order valence-corrected chi connectivity index (χ4v) is 27.7. The molecular formula is C14H30Cl2Si2. The average molecular weight is 325 g/mol. The van der Waals surface area contributed by atoms with Gasteiger partial charge in [0, 0.05) is 0 Å². The Hall–Kier alpha value is 1.01. The lowest BCUT2D eigenvalue weighted by Gasteiger charge is -2.46. The van der Waals surface area contributed by atoms with Gasteiger partial charge in [-0.05, 0) is 23.4 Å². The monoisotopic (exact) mass is 324 g/mol. The predicted molar refractivity (Wildman–Crippen MR) is 90.7 cm³/mol. The predicted octanol–water partition coefficient (Wildman–Crippen LogP) is 6.61. The van der Waals surface area contributed by atoms with Gasteiger partial charge in [-0.25, -0.2) is 0 Å². The van der Waals surface area contributed by atoms with Crippen molar-refractivity contribution in [3.63, 3.8) is 0 Å². The summed E-state index contributed by atoms with van der Waals surface area (Å²) in [5.74, 6) is 0. The summed E-state index contributed by atoms with van der Waals surface area (Å²) in [6.07, 6.45) is 10.9. The molecule has 0 bridgehead atoms. The molecule has 1 fully saturated rings. The van der Waals surface area contributed by atoms with Gasteiger partial charge in [0.1, 0.15) is 0 Å². The fourth-order valence-electron chi connectivity index (χ4n) is 3.17. The number of unbranched alkanes of at least 4 members (excludes halogenated alkanes) is 6. The van der Waals surface area contributed by atoms with Crippen LogP contribution >= 0.6 is 22.2 Å². The molecular weight excluding hydrogens is 295 g/mol. The molecule has 0 aliphatic carbocycles. The van der Waals surface area contributed by atoms with Crippen LogP contribution in [0.4, 0.5) is 0 Å². The minimum absolute atomic E-state index is 1.31. The molecule has 0 radical (unpaired) electrons. The minimum atomic E-state index is -1.35. The second-order valence-electron chi connectivity index (χ2n) is 6.28. The highest BCUT2D eigenvalue weighted by molar-refractivity contribution is 7.45. The zero-order valence-corrected chi connectivity index (χ0v) is 15.8. The standard InChI is InChI=1S/C14H30Cl2Si2/c1-3-5-7-9-11-17(15)13-18(16,14-17)12-10-8-6-4-2/h3-14H2,1-2H3. The summed E-state index contributed by atoms with van der Waals surface area (Å²) in [6.45, 7) is 4.54. The van der Waals surface area contributed by atoms with E-state index < -0.39 is 14.8 Å². The lowest BCUT2D eigenvalue weighted by molar-refractivity contribution is 0.692. The van der Waals surface area contributed by atoms with Crippen LogP contribution < -0.4 is 0 Å². The first-order chi connectivity index (χ1) is 8.54. The molecule has 0 saturated carbocycles. The Morgan fingerprint density at radius 2 is 1.06 bits per heavy atom. The van der Waals surface area contributed by atoms with Crippen molar-refractivity contribution < 1.29 is 0 Å². The molecule has 1 heterocycles. The van der Waals surface area contributed by atoms with Crippen molar-refractivity contribution in [2.24, 2.45) is 0 Å². The van der Waals surface area contributed by atoms with Crippen LogP contribution in [0.1, 0.15) is 65.2 Å². The van der Waals surface area contributed by atoms with Gasteiger partial charge in [0.05, 0.1) is 0 Å². The Morgan fingerprint density at radius 1 is 0.667 bits per heavy atom. The summed E-state index contributed by atoms with van der Waals surface area (Å²) >= 11 is 13.6. The summed E-state index contributed by atoms with van der Waals surface area (Å²) in [5, 5.41) is 0. The molecule has 1 aliphatic heterocycles. The molecule has 4 heteroatoms. The maximum absolute atomic E-state index is 6.80. The molecule has 0 aromatic carbocycles. The summed E-state index contributed by atoms with van der Waals surface area (Å²) in [7, 11) is -2.70. The highest BCUT2D eigenvalue weighted by Crippen LogP contribution is 2.51. The van der Waals surface area contributed by atoms with Gasteiger partial charge >= 0.3 is 0 Å². The molecule has 0 unspecified atom stereocenters. The second kappa shape index (κ2) is 8.33. The number of hydrogen-bond donors (Lipinski definition) is 0. The van der Waals surface area contributed by atoms with E-state index in [0.29, 0.717) is 0 Å². The van der Waals surface area contributed by atoms with Gasteiger partial charge in [0.15, 0.2) is 14.8 Å². The highest BCUT2D eigenvalue weighted by atomic mass is 35.6. The van der Waals surface area contributed by atoms with Crippen molar-refractivity contribution in [2.75, 3.05) is 0 Å². The first kappa shape index (κ1) is 17.1. The van der Waals surface area contributed by atoms with E-state index in [9.17, 15) is 0 Å². The van der Waals surface area contributed by atoms with Gasteiger partial charge in [0.25, 0.3) is 0 Å². The van der Waals surface area contributed by atoms with Gasteiger partial charge in [-0.2, -0.15) is 22.2 Å². The van der Waals surface area contributed by atoms with Crippen LogP contribution in [-0.2, 0) is 0 Å². The van der Waals surface area contributed by atoms with Crippen molar-refractivity contribution in [3.05, 3.63) is 0 Å².